The number of benzene rings is 1. The van der Waals surface area contributed by atoms with Crippen molar-refractivity contribution in [3.63, 3.8) is 0 Å². The Hall–Kier alpha value is -1.71. The molecule has 1 unspecified atom stereocenters. The van der Waals surface area contributed by atoms with Crippen molar-refractivity contribution in [2.45, 2.75) is 57.7 Å². The SMILES string of the molecule is CC1CN=C(NCc2ccc(OC3CCCCC3)cc2)N1. The standard InChI is InChI=1S/C17H25N3O/c1-13-11-18-17(20-13)19-12-14-7-9-16(10-8-14)21-15-5-3-2-4-6-15/h7-10,13,15H,2-6,11-12H2,1H3,(H2,18,19,20). The summed E-state index contributed by atoms with van der Waals surface area (Å²) in [4.78, 5) is 4.40. The number of nitrogens with one attached hydrogen (secondary N) is 2. The summed E-state index contributed by atoms with van der Waals surface area (Å²) in [5.41, 5.74) is 1.25. The van der Waals surface area contributed by atoms with Gasteiger partial charge in [0, 0.05) is 12.6 Å². The lowest BCUT2D eigenvalue weighted by Crippen LogP contribution is -2.37. The van der Waals surface area contributed by atoms with E-state index in [1.807, 2.05) is 0 Å². The summed E-state index contributed by atoms with van der Waals surface area (Å²) < 4.78 is 6.05. The average molecular weight is 287 g/mol. The molecule has 114 valence electrons. The third-order valence-electron chi connectivity index (χ3n) is 4.14. The van der Waals surface area contributed by atoms with Gasteiger partial charge in [-0.1, -0.05) is 18.6 Å². The van der Waals surface area contributed by atoms with Crippen molar-refractivity contribution >= 4 is 5.96 Å². The first-order valence-electron chi connectivity index (χ1n) is 8.10. The van der Waals surface area contributed by atoms with Gasteiger partial charge in [0.25, 0.3) is 0 Å². The van der Waals surface area contributed by atoms with Crippen molar-refractivity contribution in [3.8, 4) is 5.75 Å². The smallest absolute Gasteiger partial charge is 0.191 e. The summed E-state index contributed by atoms with van der Waals surface area (Å²) in [6.45, 7) is 3.79. The molecular formula is C17H25N3O. The normalized spacial score (nSPS) is 22.5. The van der Waals surface area contributed by atoms with Crippen LogP contribution in [0, 0.1) is 0 Å². The summed E-state index contributed by atoms with van der Waals surface area (Å²) in [7, 11) is 0. The Morgan fingerprint density at radius 3 is 2.62 bits per heavy atom. The Kier molecular flexibility index (Phi) is 4.63. The molecule has 2 N–H and O–H groups in total. The van der Waals surface area contributed by atoms with Gasteiger partial charge in [-0.05, 0) is 50.3 Å². The molecule has 1 aromatic rings. The summed E-state index contributed by atoms with van der Waals surface area (Å²) in [5, 5.41) is 6.63. The molecule has 1 heterocycles. The van der Waals surface area contributed by atoms with Gasteiger partial charge in [0.15, 0.2) is 5.96 Å². The van der Waals surface area contributed by atoms with Gasteiger partial charge in [-0.3, -0.25) is 4.99 Å². The fourth-order valence-corrected chi connectivity index (χ4v) is 2.91. The second-order valence-corrected chi connectivity index (χ2v) is 6.11. The minimum atomic E-state index is 0.418. The van der Waals surface area contributed by atoms with Gasteiger partial charge in [-0.25, -0.2) is 0 Å². The van der Waals surface area contributed by atoms with E-state index in [9.17, 15) is 0 Å². The van der Waals surface area contributed by atoms with Crippen LogP contribution in [0.2, 0.25) is 0 Å². The largest absolute Gasteiger partial charge is 0.490 e. The first kappa shape index (κ1) is 14.2. The van der Waals surface area contributed by atoms with Crippen LogP contribution >= 0.6 is 0 Å². The highest BCUT2D eigenvalue weighted by Crippen LogP contribution is 2.23. The number of hydrogen-bond acceptors (Lipinski definition) is 4. The zero-order valence-electron chi connectivity index (χ0n) is 12.8. The van der Waals surface area contributed by atoms with E-state index in [1.165, 1.54) is 37.7 Å². The maximum atomic E-state index is 6.05. The number of rotatable bonds is 4. The minimum absolute atomic E-state index is 0.418. The summed E-state index contributed by atoms with van der Waals surface area (Å²) in [5.74, 6) is 1.90. The zero-order chi connectivity index (χ0) is 14.5. The molecule has 3 rings (SSSR count). The quantitative estimate of drug-likeness (QED) is 0.895. The molecule has 0 radical (unpaired) electrons. The number of hydrogen-bond donors (Lipinski definition) is 2. The molecule has 2 aliphatic rings. The zero-order valence-corrected chi connectivity index (χ0v) is 12.8. The molecule has 1 saturated carbocycles. The highest BCUT2D eigenvalue weighted by atomic mass is 16.5. The van der Waals surface area contributed by atoms with E-state index in [1.54, 1.807) is 0 Å². The molecule has 21 heavy (non-hydrogen) atoms. The lowest BCUT2D eigenvalue weighted by molar-refractivity contribution is 0.155. The predicted molar refractivity (Wildman–Crippen MR) is 85.7 cm³/mol. The van der Waals surface area contributed by atoms with E-state index in [0.717, 1.165) is 24.8 Å². The van der Waals surface area contributed by atoms with Crippen LogP contribution in [0.4, 0.5) is 0 Å². The number of guanidine groups is 1. The van der Waals surface area contributed by atoms with Crippen LogP contribution in [0.25, 0.3) is 0 Å². The molecule has 1 aromatic carbocycles. The van der Waals surface area contributed by atoms with Crippen molar-refractivity contribution in [1.82, 2.24) is 10.6 Å². The highest BCUT2D eigenvalue weighted by Gasteiger charge is 2.15. The highest BCUT2D eigenvalue weighted by molar-refractivity contribution is 5.81. The van der Waals surface area contributed by atoms with Crippen LogP contribution in [0.1, 0.15) is 44.6 Å². The van der Waals surface area contributed by atoms with Crippen molar-refractivity contribution in [2.24, 2.45) is 4.99 Å². The fraction of sp³-hybridized carbons (Fsp3) is 0.588. The van der Waals surface area contributed by atoms with E-state index in [2.05, 4.69) is 46.8 Å². The van der Waals surface area contributed by atoms with Crippen LogP contribution < -0.4 is 15.4 Å². The van der Waals surface area contributed by atoms with Gasteiger partial charge in [-0.15, -0.1) is 0 Å². The third-order valence-corrected chi connectivity index (χ3v) is 4.14. The third kappa shape index (κ3) is 4.13. The van der Waals surface area contributed by atoms with Crippen molar-refractivity contribution in [2.75, 3.05) is 6.54 Å². The predicted octanol–water partition coefficient (Wildman–Crippen LogP) is 2.84. The van der Waals surface area contributed by atoms with Gasteiger partial charge in [0.1, 0.15) is 5.75 Å². The monoisotopic (exact) mass is 287 g/mol. The van der Waals surface area contributed by atoms with Gasteiger partial charge >= 0.3 is 0 Å². The Bertz CT molecular complexity index is 477. The number of nitrogens with zero attached hydrogens (tertiary/aromatic N) is 1. The topological polar surface area (TPSA) is 45.7 Å². The van der Waals surface area contributed by atoms with E-state index in [0.29, 0.717) is 12.1 Å². The summed E-state index contributed by atoms with van der Waals surface area (Å²) >= 11 is 0. The van der Waals surface area contributed by atoms with Crippen LogP contribution in [0.5, 0.6) is 5.75 Å². The second kappa shape index (κ2) is 6.83. The van der Waals surface area contributed by atoms with E-state index >= 15 is 0 Å². The Morgan fingerprint density at radius 1 is 1.19 bits per heavy atom. The molecule has 0 saturated heterocycles. The molecule has 0 spiro atoms. The van der Waals surface area contributed by atoms with Crippen LogP contribution in [0.15, 0.2) is 29.3 Å². The molecule has 0 aromatic heterocycles. The summed E-state index contributed by atoms with van der Waals surface area (Å²) in [6.07, 6.45) is 6.79. The van der Waals surface area contributed by atoms with Crippen molar-refractivity contribution < 1.29 is 4.74 Å². The average Bonchev–Trinajstić information content (AvgIpc) is 2.93. The van der Waals surface area contributed by atoms with E-state index < -0.39 is 0 Å². The molecule has 1 aliphatic heterocycles. The Balaban J connectivity index is 1.47. The summed E-state index contributed by atoms with van der Waals surface area (Å²) in [6, 6.07) is 8.86. The maximum Gasteiger partial charge on any atom is 0.191 e. The molecule has 1 fully saturated rings. The molecule has 4 heteroatoms. The molecule has 1 atom stereocenters. The number of ether oxygens (including phenoxy) is 1. The van der Waals surface area contributed by atoms with E-state index in [-0.39, 0.29) is 0 Å². The van der Waals surface area contributed by atoms with Crippen LogP contribution in [-0.2, 0) is 6.54 Å². The van der Waals surface area contributed by atoms with Crippen LogP contribution in [0.3, 0.4) is 0 Å². The first-order chi connectivity index (χ1) is 10.3. The molecular weight excluding hydrogens is 262 g/mol. The van der Waals surface area contributed by atoms with Crippen molar-refractivity contribution in [1.29, 1.82) is 0 Å². The van der Waals surface area contributed by atoms with Crippen molar-refractivity contribution in [3.05, 3.63) is 29.8 Å². The van der Waals surface area contributed by atoms with Gasteiger partial charge in [-0.2, -0.15) is 0 Å². The van der Waals surface area contributed by atoms with Gasteiger partial charge in [0.05, 0.1) is 12.6 Å². The molecule has 0 bridgehead atoms. The number of aliphatic imine (C=N–C) groups is 1. The minimum Gasteiger partial charge on any atom is -0.490 e. The van der Waals surface area contributed by atoms with Crippen LogP contribution in [-0.4, -0.2) is 24.7 Å². The molecule has 4 nitrogen and oxygen atoms in total. The fourth-order valence-electron chi connectivity index (χ4n) is 2.91. The Labute approximate surface area is 127 Å². The maximum absolute atomic E-state index is 6.05. The van der Waals surface area contributed by atoms with E-state index in [4.69, 9.17) is 4.74 Å². The molecule has 0 amide bonds. The van der Waals surface area contributed by atoms with Gasteiger partial charge in [0.2, 0.25) is 0 Å². The molecule has 1 aliphatic carbocycles. The lowest BCUT2D eigenvalue weighted by Gasteiger charge is -2.23. The lowest BCUT2D eigenvalue weighted by atomic mass is 9.98. The first-order valence-corrected chi connectivity index (χ1v) is 8.10. The Morgan fingerprint density at radius 2 is 1.95 bits per heavy atom. The van der Waals surface area contributed by atoms with Gasteiger partial charge < -0.3 is 15.4 Å². The second-order valence-electron chi connectivity index (χ2n) is 6.11.